The lowest BCUT2D eigenvalue weighted by Crippen LogP contribution is -2.01. The van der Waals surface area contributed by atoms with E-state index in [0.29, 0.717) is 12.4 Å². The van der Waals surface area contributed by atoms with Crippen LogP contribution in [0.4, 0.5) is 0 Å². The smallest absolute Gasteiger partial charge is 0.214 e. The van der Waals surface area contributed by atoms with Gasteiger partial charge in [-0.15, -0.1) is 0 Å². The Labute approximate surface area is 58.4 Å². The summed E-state index contributed by atoms with van der Waals surface area (Å²) in [5.41, 5.74) is 0. The highest BCUT2D eigenvalue weighted by Gasteiger charge is 1.97. The molecule has 0 aliphatic rings. The van der Waals surface area contributed by atoms with E-state index in [0.717, 1.165) is 11.8 Å². The highest BCUT2D eigenvalue weighted by atomic mass is 32.2. The molecule has 1 N–H and O–H groups in total. The van der Waals surface area contributed by atoms with Crippen LogP contribution in [0.3, 0.4) is 0 Å². The van der Waals surface area contributed by atoms with Crippen molar-refractivity contribution in [3.63, 3.8) is 0 Å². The Kier molecular flexibility index (Phi) is 6.03. The molecule has 54 valence electrons. The second-order valence-corrected chi connectivity index (χ2v) is 2.52. The molecule has 0 aromatic heterocycles. The minimum absolute atomic E-state index is 0.202. The van der Waals surface area contributed by atoms with Crippen molar-refractivity contribution in [1.29, 1.82) is 0 Å². The van der Waals surface area contributed by atoms with Gasteiger partial charge in [-0.25, -0.2) is 0 Å². The monoisotopic (exact) mass is 150 g/mol. The molecule has 0 unspecified atom stereocenters. The van der Waals surface area contributed by atoms with Crippen molar-refractivity contribution in [1.82, 2.24) is 0 Å². The van der Waals surface area contributed by atoms with Crippen LogP contribution in [0.1, 0.15) is 0 Å². The van der Waals surface area contributed by atoms with Crippen LogP contribution in [0.15, 0.2) is 0 Å². The van der Waals surface area contributed by atoms with E-state index < -0.39 is 0 Å². The number of carbonyl (C=O) groups excluding carboxylic acids is 1. The molecule has 0 aromatic rings. The van der Waals surface area contributed by atoms with Crippen LogP contribution < -0.4 is 0 Å². The van der Waals surface area contributed by atoms with Gasteiger partial charge >= 0.3 is 0 Å². The summed E-state index contributed by atoms with van der Waals surface area (Å²) in [7, 11) is 1.57. The molecule has 0 saturated heterocycles. The van der Waals surface area contributed by atoms with Crippen molar-refractivity contribution in [3.8, 4) is 0 Å². The summed E-state index contributed by atoms with van der Waals surface area (Å²) in [6.07, 6.45) is 0. The average molecular weight is 150 g/mol. The molecule has 0 rings (SSSR count). The van der Waals surface area contributed by atoms with Crippen LogP contribution in [0.5, 0.6) is 0 Å². The number of hydrogen-bond donors (Lipinski definition) is 1. The first kappa shape index (κ1) is 8.94. The average Bonchev–Trinajstić information content (AvgIpc) is 1.89. The third kappa shape index (κ3) is 5.82. The van der Waals surface area contributed by atoms with Crippen molar-refractivity contribution in [2.24, 2.45) is 0 Å². The topological polar surface area (TPSA) is 46.5 Å². The molecule has 4 heteroatoms. The first-order valence-electron chi connectivity index (χ1n) is 2.56. The fraction of sp³-hybridized carbons (Fsp3) is 0.800. The molecule has 9 heavy (non-hydrogen) atoms. The Morgan fingerprint density at radius 3 is 2.89 bits per heavy atom. The van der Waals surface area contributed by atoms with E-state index in [1.807, 2.05) is 0 Å². The zero-order valence-electron chi connectivity index (χ0n) is 5.29. The molecule has 0 atom stereocenters. The van der Waals surface area contributed by atoms with E-state index in [2.05, 4.69) is 4.74 Å². The number of thioether (sulfide) groups is 1. The van der Waals surface area contributed by atoms with E-state index in [1.54, 1.807) is 7.11 Å². The molecular weight excluding hydrogens is 140 g/mol. The maximum Gasteiger partial charge on any atom is 0.214 e. The Balaban J connectivity index is 2.97. The maximum atomic E-state index is 10.3. The minimum Gasteiger partial charge on any atom is -0.388 e. The van der Waals surface area contributed by atoms with Crippen molar-refractivity contribution in [2.45, 2.75) is 0 Å². The lowest BCUT2D eigenvalue weighted by molar-refractivity contribution is -0.113. The highest BCUT2D eigenvalue weighted by molar-refractivity contribution is 8.13. The molecule has 0 heterocycles. The van der Waals surface area contributed by atoms with E-state index >= 15 is 0 Å². The summed E-state index contributed by atoms with van der Waals surface area (Å²) in [6.45, 7) is 0.171. The summed E-state index contributed by atoms with van der Waals surface area (Å²) in [4.78, 5) is 10.3. The van der Waals surface area contributed by atoms with Gasteiger partial charge in [0.2, 0.25) is 5.12 Å². The van der Waals surface area contributed by atoms with Crippen molar-refractivity contribution >= 4 is 16.9 Å². The summed E-state index contributed by atoms with van der Waals surface area (Å²) in [5, 5.41) is 8.02. The van der Waals surface area contributed by atoms with Gasteiger partial charge in [-0.05, 0) is 0 Å². The number of rotatable bonds is 4. The normalized spacial score (nSPS) is 9.56. The number of methoxy groups -OCH3 is 1. The number of carbonyl (C=O) groups is 1. The van der Waals surface area contributed by atoms with Crippen LogP contribution in [-0.2, 0) is 9.53 Å². The largest absolute Gasteiger partial charge is 0.388 e. The van der Waals surface area contributed by atoms with Gasteiger partial charge in [-0.1, -0.05) is 11.8 Å². The van der Waals surface area contributed by atoms with Crippen molar-refractivity contribution in [3.05, 3.63) is 0 Å². The SMILES string of the molecule is COCCSC(=O)CO. The standard InChI is InChI=1S/C5H10O3S/c1-8-2-3-9-5(7)4-6/h6H,2-4H2,1H3. The fourth-order valence-electron chi connectivity index (χ4n) is 0.284. The molecule has 0 spiro atoms. The van der Waals surface area contributed by atoms with Gasteiger partial charge in [0.15, 0.2) is 0 Å². The third-order valence-corrected chi connectivity index (χ3v) is 1.50. The van der Waals surface area contributed by atoms with E-state index in [4.69, 9.17) is 5.11 Å². The lowest BCUT2D eigenvalue weighted by atomic mass is 10.8. The van der Waals surface area contributed by atoms with Gasteiger partial charge < -0.3 is 9.84 Å². The molecule has 0 saturated carbocycles. The first-order valence-corrected chi connectivity index (χ1v) is 3.55. The van der Waals surface area contributed by atoms with Gasteiger partial charge in [0, 0.05) is 12.9 Å². The summed E-state index contributed by atoms with van der Waals surface area (Å²) >= 11 is 1.09. The molecule has 0 aliphatic heterocycles. The van der Waals surface area contributed by atoms with E-state index in [-0.39, 0.29) is 11.7 Å². The quantitative estimate of drug-likeness (QED) is 0.568. The summed E-state index contributed by atoms with van der Waals surface area (Å²) in [6, 6.07) is 0. The second-order valence-electron chi connectivity index (χ2n) is 1.37. The van der Waals surface area contributed by atoms with Crippen LogP contribution in [-0.4, -0.2) is 36.3 Å². The molecular formula is C5H10O3S. The van der Waals surface area contributed by atoms with Gasteiger partial charge in [-0.2, -0.15) is 0 Å². The lowest BCUT2D eigenvalue weighted by Gasteiger charge is -1.94. The maximum absolute atomic E-state index is 10.3. The van der Waals surface area contributed by atoms with Crippen LogP contribution >= 0.6 is 11.8 Å². The van der Waals surface area contributed by atoms with Gasteiger partial charge in [0.25, 0.3) is 0 Å². The number of ether oxygens (including phenoxy) is 1. The molecule has 0 amide bonds. The Bertz CT molecular complexity index is 84.3. The molecule has 0 fully saturated rings. The zero-order valence-corrected chi connectivity index (χ0v) is 6.11. The number of aliphatic hydroxyl groups is 1. The Hall–Kier alpha value is -0.0600. The molecule has 0 aliphatic carbocycles. The molecule has 0 radical (unpaired) electrons. The number of aliphatic hydroxyl groups excluding tert-OH is 1. The van der Waals surface area contributed by atoms with E-state index in [9.17, 15) is 4.79 Å². The molecule has 0 bridgehead atoms. The van der Waals surface area contributed by atoms with Crippen LogP contribution in [0.25, 0.3) is 0 Å². The summed E-state index contributed by atoms with van der Waals surface area (Å²) in [5.74, 6) is 0.621. The van der Waals surface area contributed by atoms with Gasteiger partial charge in [0.1, 0.15) is 6.61 Å². The van der Waals surface area contributed by atoms with Gasteiger partial charge in [0.05, 0.1) is 6.61 Å². The van der Waals surface area contributed by atoms with Gasteiger partial charge in [-0.3, -0.25) is 4.79 Å². The van der Waals surface area contributed by atoms with Crippen molar-refractivity contribution < 1.29 is 14.6 Å². The second kappa shape index (κ2) is 6.07. The van der Waals surface area contributed by atoms with Crippen LogP contribution in [0, 0.1) is 0 Å². The van der Waals surface area contributed by atoms with E-state index in [1.165, 1.54) is 0 Å². The first-order chi connectivity index (χ1) is 4.31. The predicted molar refractivity (Wildman–Crippen MR) is 36.4 cm³/mol. The minimum atomic E-state index is -0.381. The highest BCUT2D eigenvalue weighted by Crippen LogP contribution is 1.99. The molecule has 0 aromatic carbocycles. The zero-order chi connectivity index (χ0) is 7.11. The predicted octanol–water partition coefficient (Wildman–Crippen LogP) is -0.115. The molecule has 3 nitrogen and oxygen atoms in total. The summed E-state index contributed by atoms with van der Waals surface area (Å²) < 4.78 is 4.68. The fourth-order valence-corrected chi connectivity index (χ4v) is 0.853. The Morgan fingerprint density at radius 1 is 1.78 bits per heavy atom. The third-order valence-electron chi connectivity index (χ3n) is 0.680. The number of hydrogen-bond acceptors (Lipinski definition) is 4. The Morgan fingerprint density at radius 2 is 2.44 bits per heavy atom. The van der Waals surface area contributed by atoms with Crippen molar-refractivity contribution in [2.75, 3.05) is 26.1 Å². The van der Waals surface area contributed by atoms with Crippen LogP contribution in [0.2, 0.25) is 0 Å².